The van der Waals surface area contributed by atoms with Crippen LogP contribution in [0.4, 0.5) is 5.69 Å². The van der Waals surface area contributed by atoms with E-state index in [9.17, 15) is 4.79 Å². The minimum absolute atomic E-state index is 0.0505. The molecule has 0 fully saturated rings. The molecule has 0 radical (unpaired) electrons. The van der Waals surface area contributed by atoms with Crippen LogP contribution in [0.1, 0.15) is 16.7 Å². The first-order chi connectivity index (χ1) is 14.6. The van der Waals surface area contributed by atoms with Crippen LogP contribution in [0.25, 0.3) is 0 Å². The molecule has 3 aromatic carbocycles. The summed E-state index contributed by atoms with van der Waals surface area (Å²) in [5, 5.41) is 3.06. The van der Waals surface area contributed by atoms with Crippen LogP contribution < -0.4 is 14.8 Å². The maximum absolute atomic E-state index is 12.7. The van der Waals surface area contributed by atoms with E-state index in [0.29, 0.717) is 6.54 Å². The minimum Gasteiger partial charge on any atom is -0.497 e. The number of methoxy groups -OCH3 is 2. The smallest absolute Gasteiger partial charge is 0.238 e. The van der Waals surface area contributed by atoms with E-state index in [-0.39, 0.29) is 12.5 Å². The minimum atomic E-state index is -0.0505. The Morgan fingerprint density at radius 3 is 2.37 bits per heavy atom. The first-order valence-corrected chi connectivity index (χ1v) is 9.90. The van der Waals surface area contributed by atoms with Gasteiger partial charge in [-0.15, -0.1) is 0 Å². The quantitative estimate of drug-likeness (QED) is 0.576. The highest BCUT2D eigenvalue weighted by molar-refractivity contribution is 5.93. The molecule has 5 heteroatoms. The van der Waals surface area contributed by atoms with Crippen molar-refractivity contribution >= 4 is 11.6 Å². The van der Waals surface area contributed by atoms with Gasteiger partial charge in [0.15, 0.2) is 0 Å². The molecular formula is C25H28N2O3. The summed E-state index contributed by atoms with van der Waals surface area (Å²) < 4.78 is 10.7. The number of likely N-dealkylation sites (N-methyl/N-ethyl adjacent to an activating group) is 1. The maximum atomic E-state index is 12.7. The SMILES string of the molecule is COc1ccc(CN(C)CC(=O)Nc2ccccc2Cc2ccccc2)c(OC)c1. The molecule has 3 aromatic rings. The van der Waals surface area contributed by atoms with Crippen LogP contribution in [0.3, 0.4) is 0 Å². The average molecular weight is 405 g/mol. The first-order valence-electron chi connectivity index (χ1n) is 9.90. The van der Waals surface area contributed by atoms with E-state index in [1.165, 1.54) is 5.56 Å². The van der Waals surface area contributed by atoms with Gasteiger partial charge in [-0.25, -0.2) is 0 Å². The molecule has 0 spiro atoms. The van der Waals surface area contributed by atoms with Crippen molar-refractivity contribution in [3.63, 3.8) is 0 Å². The molecule has 156 valence electrons. The number of carbonyl (C=O) groups excluding carboxylic acids is 1. The van der Waals surface area contributed by atoms with Gasteiger partial charge in [0, 0.05) is 23.9 Å². The predicted molar refractivity (Wildman–Crippen MR) is 120 cm³/mol. The van der Waals surface area contributed by atoms with Crippen LogP contribution in [0.2, 0.25) is 0 Å². The first kappa shape index (κ1) is 21.4. The highest BCUT2D eigenvalue weighted by Gasteiger charge is 2.13. The molecule has 0 unspecified atom stereocenters. The van der Waals surface area contributed by atoms with Crippen molar-refractivity contribution < 1.29 is 14.3 Å². The number of carbonyl (C=O) groups is 1. The summed E-state index contributed by atoms with van der Waals surface area (Å²) >= 11 is 0. The highest BCUT2D eigenvalue weighted by Crippen LogP contribution is 2.25. The molecule has 5 nitrogen and oxygen atoms in total. The molecule has 0 aliphatic heterocycles. The lowest BCUT2D eigenvalue weighted by atomic mass is 10.0. The number of ether oxygens (including phenoxy) is 2. The Morgan fingerprint density at radius 2 is 1.63 bits per heavy atom. The van der Waals surface area contributed by atoms with E-state index in [4.69, 9.17) is 9.47 Å². The molecule has 1 amide bonds. The molecule has 0 bridgehead atoms. The Balaban J connectivity index is 1.62. The van der Waals surface area contributed by atoms with Crippen LogP contribution in [0.15, 0.2) is 72.8 Å². The Hall–Kier alpha value is -3.31. The molecule has 0 aliphatic carbocycles. The zero-order valence-corrected chi connectivity index (χ0v) is 17.7. The van der Waals surface area contributed by atoms with Crippen molar-refractivity contribution in [1.82, 2.24) is 4.90 Å². The second kappa shape index (κ2) is 10.5. The third-order valence-corrected chi connectivity index (χ3v) is 4.88. The van der Waals surface area contributed by atoms with Crippen molar-refractivity contribution in [2.24, 2.45) is 0 Å². The third-order valence-electron chi connectivity index (χ3n) is 4.88. The van der Waals surface area contributed by atoms with Gasteiger partial charge in [-0.3, -0.25) is 9.69 Å². The Morgan fingerprint density at radius 1 is 0.900 bits per heavy atom. The summed E-state index contributed by atoms with van der Waals surface area (Å²) in [5.41, 5.74) is 4.15. The van der Waals surface area contributed by atoms with Crippen LogP contribution in [-0.2, 0) is 17.8 Å². The third kappa shape index (κ3) is 5.84. The summed E-state index contributed by atoms with van der Waals surface area (Å²) in [6.45, 7) is 0.862. The van der Waals surface area contributed by atoms with Crippen LogP contribution in [0.5, 0.6) is 11.5 Å². The summed E-state index contributed by atoms with van der Waals surface area (Å²) in [6.07, 6.45) is 0.774. The Labute approximate surface area is 178 Å². The molecule has 0 saturated heterocycles. The van der Waals surface area contributed by atoms with Gasteiger partial charge in [0.2, 0.25) is 5.91 Å². The highest BCUT2D eigenvalue weighted by atomic mass is 16.5. The lowest BCUT2D eigenvalue weighted by Gasteiger charge is -2.19. The number of nitrogens with one attached hydrogen (secondary N) is 1. The second-order valence-corrected chi connectivity index (χ2v) is 7.22. The number of benzene rings is 3. The fraction of sp³-hybridized carbons (Fsp3) is 0.240. The van der Waals surface area contributed by atoms with Crippen LogP contribution in [0, 0.1) is 0 Å². The average Bonchev–Trinajstić information content (AvgIpc) is 2.76. The monoisotopic (exact) mass is 404 g/mol. The molecule has 3 rings (SSSR count). The van der Waals surface area contributed by atoms with Crippen molar-refractivity contribution in [2.75, 3.05) is 33.1 Å². The zero-order valence-electron chi connectivity index (χ0n) is 17.7. The summed E-state index contributed by atoms with van der Waals surface area (Å²) in [4.78, 5) is 14.6. The number of hydrogen-bond donors (Lipinski definition) is 1. The Bertz CT molecular complexity index is 973. The van der Waals surface area contributed by atoms with Gasteiger partial charge in [-0.05, 0) is 36.7 Å². The van der Waals surface area contributed by atoms with Crippen LogP contribution in [-0.4, -0.2) is 38.6 Å². The lowest BCUT2D eigenvalue weighted by Crippen LogP contribution is -2.30. The van der Waals surface area contributed by atoms with E-state index in [2.05, 4.69) is 23.5 Å². The van der Waals surface area contributed by atoms with Crippen molar-refractivity contribution in [2.45, 2.75) is 13.0 Å². The van der Waals surface area contributed by atoms with Gasteiger partial charge in [0.1, 0.15) is 11.5 Å². The normalized spacial score (nSPS) is 10.7. The standard InChI is InChI=1S/C25H28N2O3/c1-27(17-21-13-14-22(29-2)16-24(21)30-3)18-25(28)26-23-12-8-7-11-20(23)15-19-9-5-4-6-10-19/h4-14,16H,15,17-18H2,1-3H3,(H,26,28). The number of para-hydroxylation sites is 1. The number of anilines is 1. The number of rotatable bonds is 9. The van der Waals surface area contributed by atoms with Gasteiger partial charge in [0.05, 0.1) is 20.8 Å². The predicted octanol–water partition coefficient (Wildman–Crippen LogP) is 4.37. The van der Waals surface area contributed by atoms with Gasteiger partial charge in [-0.1, -0.05) is 54.6 Å². The number of hydrogen-bond acceptors (Lipinski definition) is 4. The van der Waals surface area contributed by atoms with E-state index < -0.39 is 0 Å². The topological polar surface area (TPSA) is 50.8 Å². The second-order valence-electron chi connectivity index (χ2n) is 7.22. The maximum Gasteiger partial charge on any atom is 0.238 e. The Kier molecular flexibility index (Phi) is 7.46. The van der Waals surface area contributed by atoms with E-state index in [1.54, 1.807) is 14.2 Å². The largest absolute Gasteiger partial charge is 0.497 e. The molecule has 0 heterocycles. The molecule has 0 saturated carbocycles. The molecule has 30 heavy (non-hydrogen) atoms. The number of amides is 1. The zero-order chi connectivity index (χ0) is 21.3. The van der Waals surface area contributed by atoms with Crippen molar-refractivity contribution in [1.29, 1.82) is 0 Å². The van der Waals surface area contributed by atoms with Crippen molar-refractivity contribution in [3.05, 3.63) is 89.5 Å². The van der Waals surface area contributed by atoms with Gasteiger partial charge in [0.25, 0.3) is 0 Å². The van der Waals surface area contributed by atoms with Gasteiger partial charge >= 0.3 is 0 Å². The molecular weight excluding hydrogens is 376 g/mol. The summed E-state index contributed by atoms with van der Waals surface area (Å²) in [5.74, 6) is 1.44. The molecule has 0 aromatic heterocycles. The summed E-state index contributed by atoms with van der Waals surface area (Å²) in [6, 6.07) is 23.9. The molecule has 0 aliphatic rings. The van der Waals surface area contributed by atoms with Gasteiger partial charge in [-0.2, -0.15) is 0 Å². The van der Waals surface area contributed by atoms with E-state index in [0.717, 1.165) is 34.7 Å². The number of nitrogens with zero attached hydrogens (tertiary/aromatic N) is 1. The summed E-state index contributed by atoms with van der Waals surface area (Å²) in [7, 11) is 5.17. The van der Waals surface area contributed by atoms with Crippen molar-refractivity contribution in [3.8, 4) is 11.5 Å². The van der Waals surface area contributed by atoms with Crippen LogP contribution >= 0.6 is 0 Å². The van der Waals surface area contributed by atoms with E-state index in [1.807, 2.05) is 66.5 Å². The fourth-order valence-electron chi connectivity index (χ4n) is 3.38. The van der Waals surface area contributed by atoms with Gasteiger partial charge < -0.3 is 14.8 Å². The van der Waals surface area contributed by atoms with E-state index >= 15 is 0 Å². The molecule has 0 atom stereocenters. The fourth-order valence-corrected chi connectivity index (χ4v) is 3.38. The molecule has 1 N–H and O–H groups in total. The lowest BCUT2D eigenvalue weighted by molar-refractivity contribution is -0.117.